The summed E-state index contributed by atoms with van der Waals surface area (Å²) < 4.78 is 1.47. The van der Waals surface area contributed by atoms with E-state index in [1.165, 1.54) is 23.0 Å². The van der Waals surface area contributed by atoms with Crippen molar-refractivity contribution in [3.63, 3.8) is 0 Å². The van der Waals surface area contributed by atoms with E-state index in [4.69, 9.17) is 23.2 Å². The first-order chi connectivity index (χ1) is 11.9. The molecule has 0 saturated heterocycles. The molecule has 2 aromatic carbocycles. The van der Waals surface area contributed by atoms with Gasteiger partial charge in [-0.3, -0.25) is 9.59 Å². The van der Waals surface area contributed by atoms with E-state index in [1.54, 1.807) is 12.1 Å². The molecule has 0 saturated carbocycles. The number of benzene rings is 2. The maximum atomic E-state index is 12.4. The van der Waals surface area contributed by atoms with E-state index in [-0.39, 0.29) is 5.69 Å². The predicted molar refractivity (Wildman–Crippen MR) is 99.0 cm³/mol. The van der Waals surface area contributed by atoms with Crippen molar-refractivity contribution in [2.24, 2.45) is 0 Å². The Morgan fingerprint density at radius 1 is 1.08 bits per heavy atom. The van der Waals surface area contributed by atoms with Crippen LogP contribution in [0, 0.1) is 6.92 Å². The second-order valence-corrected chi connectivity index (χ2v) is 6.23. The summed E-state index contributed by atoms with van der Waals surface area (Å²) in [6.45, 7) is 1.97. The number of hydrogen-bond acceptors (Lipinski definition) is 3. The molecule has 3 aromatic rings. The molecular weight excluding hydrogens is 361 g/mol. The van der Waals surface area contributed by atoms with Crippen molar-refractivity contribution in [2.45, 2.75) is 6.92 Å². The van der Waals surface area contributed by atoms with Crippen molar-refractivity contribution in [1.82, 2.24) is 9.78 Å². The molecule has 0 aliphatic rings. The number of halogens is 2. The molecular formula is C18H13Cl2N3O2. The molecule has 1 aromatic heterocycles. The molecule has 126 valence electrons. The number of carbonyl (C=O) groups is 1. The number of aromatic nitrogens is 2. The third-order valence-electron chi connectivity index (χ3n) is 3.50. The molecule has 5 nitrogen and oxygen atoms in total. The number of aryl methyl sites for hydroxylation is 1. The van der Waals surface area contributed by atoms with Gasteiger partial charge in [-0.15, -0.1) is 0 Å². The highest BCUT2D eigenvalue weighted by Gasteiger charge is 2.15. The standard InChI is InChI=1S/C18H13Cl2N3O2/c1-11-2-5-13(6-3-11)23-9-8-16(24)17(22-23)18(25)21-15-10-12(19)4-7-14(15)20/h2-10H,1H3,(H,21,25). The first-order valence-corrected chi connectivity index (χ1v) is 8.13. The van der Waals surface area contributed by atoms with Gasteiger partial charge in [0.1, 0.15) is 0 Å². The average molecular weight is 374 g/mol. The van der Waals surface area contributed by atoms with E-state index in [2.05, 4.69) is 10.4 Å². The summed E-state index contributed by atoms with van der Waals surface area (Å²) in [5, 5.41) is 7.43. The maximum absolute atomic E-state index is 12.4. The van der Waals surface area contributed by atoms with Crippen molar-refractivity contribution in [3.8, 4) is 5.69 Å². The normalized spacial score (nSPS) is 10.5. The minimum absolute atomic E-state index is 0.237. The van der Waals surface area contributed by atoms with Gasteiger partial charge in [0.25, 0.3) is 5.91 Å². The van der Waals surface area contributed by atoms with E-state index >= 15 is 0 Å². The molecule has 1 heterocycles. The van der Waals surface area contributed by atoms with E-state index < -0.39 is 11.3 Å². The number of nitrogens with zero attached hydrogens (tertiary/aromatic N) is 2. The summed E-state index contributed by atoms with van der Waals surface area (Å²) in [6, 6.07) is 13.5. The van der Waals surface area contributed by atoms with Crippen molar-refractivity contribution in [3.05, 3.63) is 86.3 Å². The van der Waals surface area contributed by atoms with E-state index in [1.807, 2.05) is 31.2 Å². The fourth-order valence-electron chi connectivity index (χ4n) is 2.18. The molecule has 0 unspecified atom stereocenters. The quantitative estimate of drug-likeness (QED) is 0.751. The van der Waals surface area contributed by atoms with Gasteiger partial charge in [-0.25, -0.2) is 4.68 Å². The molecule has 0 aliphatic carbocycles. The molecule has 3 rings (SSSR count). The van der Waals surface area contributed by atoms with Gasteiger partial charge in [0.05, 0.1) is 16.4 Å². The van der Waals surface area contributed by atoms with E-state index in [9.17, 15) is 9.59 Å². The van der Waals surface area contributed by atoms with Crippen LogP contribution in [0.3, 0.4) is 0 Å². The highest BCUT2D eigenvalue weighted by molar-refractivity contribution is 6.35. The average Bonchev–Trinajstić information content (AvgIpc) is 2.59. The van der Waals surface area contributed by atoms with Gasteiger partial charge in [0, 0.05) is 17.3 Å². The minimum Gasteiger partial charge on any atom is -0.319 e. The van der Waals surface area contributed by atoms with Crippen LogP contribution in [-0.4, -0.2) is 15.7 Å². The summed E-state index contributed by atoms with van der Waals surface area (Å²) in [6.07, 6.45) is 1.51. The summed E-state index contributed by atoms with van der Waals surface area (Å²) in [7, 11) is 0. The maximum Gasteiger partial charge on any atom is 0.280 e. The largest absolute Gasteiger partial charge is 0.319 e. The summed E-state index contributed by atoms with van der Waals surface area (Å²) in [5.74, 6) is -0.657. The van der Waals surface area contributed by atoms with Crippen LogP contribution in [0.15, 0.2) is 59.5 Å². The second kappa shape index (κ2) is 7.09. The monoisotopic (exact) mass is 373 g/mol. The first-order valence-electron chi connectivity index (χ1n) is 7.37. The van der Waals surface area contributed by atoms with Gasteiger partial charge in [-0.05, 0) is 37.3 Å². The molecule has 1 N–H and O–H groups in total. The Balaban J connectivity index is 1.95. The van der Waals surface area contributed by atoms with Crippen LogP contribution in [0.1, 0.15) is 16.1 Å². The molecule has 25 heavy (non-hydrogen) atoms. The number of carbonyl (C=O) groups excluding carboxylic acids is 1. The zero-order valence-corrected chi connectivity index (χ0v) is 14.7. The molecule has 0 spiro atoms. The second-order valence-electron chi connectivity index (χ2n) is 5.39. The molecule has 0 radical (unpaired) electrons. The number of anilines is 1. The first kappa shape index (κ1) is 17.2. The fraction of sp³-hybridized carbons (Fsp3) is 0.0556. The summed E-state index contributed by atoms with van der Waals surface area (Å²) in [4.78, 5) is 24.5. The number of amides is 1. The van der Waals surface area contributed by atoms with Crippen LogP contribution in [0.4, 0.5) is 5.69 Å². The summed E-state index contributed by atoms with van der Waals surface area (Å²) >= 11 is 11.9. The Labute approximate surface area is 153 Å². The van der Waals surface area contributed by atoms with Crippen molar-refractivity contribution in [1.29, 1.82) is 0 Å². The smallest absolute Gasteiger partial charge is 0.280 e. The third kappa shape index (κ3) is 3.90. The van der Waals surface area contributed by atoms with Gasteiger partial charge in [-0.2, -0.15) is 5.10 Å². The lowest BCUT2D eigenvalue weighted by Gasteiger charge is -2.09. The Bertz CT molecular complexity index is 998. The lowest BCUT2D eigenvalue weighted by atomic mass is 10.2. The number of nitrogens with one attached hydrogen (secondary N) is 1. The van der Waals surface area contributed by atoms with Gasteiger partial charge < -0.3 is 5.32 Å². The van der Waals surface area contributed by atoms with Crippen LogP contribution in [-0.2, 0) is 0 Å². The lowest BCUT2D eigenvalue weighted by Crippen LogP contribution is -2.25. The van der Waals surface area contributed by atoms with Crippen molar-refractivity contribution in [2.75, 3.05) is 5.32 Å². The summed E-state index contributed by atoms with van der Waals surface area (Å²) in [5.41, 5.74) is 1.42. The zero-order chi connectivity index (χ0) is 18.0. The molecule has 0 aliphatic heterocycles. The number of rotatable bonds is 3. The fourth-order valence-corrected chi connectivity index (χ4v) is 2.52. The minimum atomic E-state index is -0.657. The highest BCUT2D eigenvalue weighted by Crippen LogP contribution is 2.25. The van der Waals surface area contributed by atoms with Crippen LogP contribution in [0.5, 0.6) is 0 Å². The lowest BCUT2D eigenvalue weighted by molar-refractivity contribution is 0.101. The van der Waals surface area contributed by atoms with Crippen molar-refractivity contribution < 1.29 is 4.79 Å². The molecule has 0 atom stereocenters. The van der Waals surface area contributed by atoms with E-state index in [0.29, 0.717) is 15.7 Å². The van der Waals surface area contributed by atoms with Crippen LogP contribution in [0.2, 0.25) is 10.0 Å². The zero-order valence-electron chi connectivity index (χ0n) is 13.2. The Morgan fingerprint density at radius 3 is 2.52 bits per heavy atom. The third-order valence-corrected chi connectivity index (χ3v) is 4.06. The topological polar surface area (TPSA) is 64.0 Å². The Hall–Kier alpha value is -2.63. The molecule has 0 bridgehead atoms. The van der Waals surface area contributed by atoms with Crippen molar-refractivity contribution >= 4 is 34.8 Å². The van der Waals surface area contributed by atoms with Gasteiger partial charge >= 0.3 is 0 Å². The highest BCUT2D eigenvalue weighted by atomic mass is 35.5. The molecule has 1 amide bonds. The predicted octanol–water partition coefficient (Wildman–Crippen LogP) is 4.10. The SMILES string of the molecule is Cc1ccc(-n2ccc(=O)c(C(=O)Nc3cc(Cl)ccc3Cl)n2)cc1. The van der Waals surface area contributed by atoms with E-state index in [0.717, 1.165) is 11.3 Å². The molecule has 7 heteroatoms. The van der Waals surface area contributed by atoms with Gasteiger partial charge in [0.15, 0.2) is 5.69 Å². The number of hydrogen-bond donors (Lipinski definition) is 1. The Kier molecular flexibility index (Phi) is 4.88. The van der Waals surface area contributed by atoms with Gasteiger partial charge in [-0.1, -0.05) is 40.9 Å². The Morgan fingerprint density at radius 2 is 1.80 bits per heavy atom. The molecule has 0 fully saturated rings. The van der Waals surface area contributed by atoms with Crippen LogP contribution < -0.4 is 10.7 Å². The van der Waals surface area contributed by atoms with Gasteiger partial charge in [0.2, 0.25) is 5.43 Å². The van der Waals surface area contributed by atoms with Crippen LogP contribution in [0.25, 0.3) is 5.69 Å². The van der Waals surface area contributed by atoms with Crippen LogP contribution >= 0.6 is 23.2 Å².